The van der Waals surface area contributed by atoms with Crippen molar-refractivity contribution in [2.45, 2.75) is 84.9 Å². The van der Waals surface area contributed by atoms with Crippen LogP contribution < -0.4 is 9.80 Å². The number of nitrogens with zero attached hydrogens (tertiary/aromatic N) is 6. The third kappa shape index (κ3) is 6.94. The molecule has 0 spiro atoms. The molecule has 1 aromatic heterocycles. The molecular weight excluding hydrogens is 590 g/mol. The number of benzene rings is 2. The van der Waals surface area contributed by atoms with Crippen LogP contribution in [0.15, 0.2) is 30.3 Å². The Labute approximate surface area is 251 Å². The number of rotatable bonds is 11. The van der Waals surface area contributed by atoms with Gasteiger partial charge in [-0.25, -0.2) is 0 Å². The van der Waals surface area contributed by atoms with Crippen molar-refractivity contribution in [3.05, 3.63) is 63.7 Å². The molecule has 0 saturated carbocycles. The molecule has 0 bridgehead atoms. The molecule has 1 N–H and O–H groups in total. The topological polar surface area (TPSA) is 87.4 Å². The van der Waals surface area contributed by atoms with Crippen molar-refractivity contribution in [1.82, 2.24) is 20.2 Å². The number of aromatic nitrogens is 4. The van der Waals surface area contributed by atoms with Crippen molar-refractivity contribution in [3.63, 3.8) is 0 Å². The van der Waals surface area contributed by atoms with Gasteiger partial charge in [-0.15, -0.1) is 5.10 Å². The van der Waals surface area contributed by atoms with Gasteiger partial charge in [-0.05, 0) is 98.2 Å². The van der Waals surface area contributed by atoms with Gasteiger partial charge < -0.3 is 14.9 Å². The Bertz CT molecular complexity index is 1470. The first-order chi connectivity index (χ1) is 20.4. The zero-order valence-electron chi connectivity index (χ0n) is 25.2. The van der Waals surface area contributed by atoms with Gasteiger partial charge in [0.1, 0.15) is 0 Å². The zero-order valence-corrected chi connectivity index (χ0v) is 25.2. The summed E-state index contributed by atoms with van der Waals surface area (Å²) in [4.78, 5) is 17.0. The number of aryl methyl sites for hydroxylation is 3. The van der Waals surface area contributed by atoms with Crippen molar-refractivity contribution in [2.24, 2.45) is 12.5 Å². The van der Waals surface area contributed by atoms with E-state index in [1.165, 1.54) is 11.9 Å². The second kappa shape index (κ2) is 12.3. The minimum atomic E-state index is -4.99. The summed E-state index contributed by atoms with van der Waals surface area (Å²) in [7, 11) is 1.50. The van der Waals surface area contributed by atoms with Crippen molar-refractivity contribution < 1.29 is 36.2 Å². The SMILES string of the molecule is CC[C@H](N(CC)c1cc2c(cc1CN(Cc1cc(C(F)(F)F)cc(C(F)(F)F)c1)c1nnn(C)n1)CCC2)C(C)(C)C(=O)O. The normalized spacial score (nSPS) is 14.4. The van der Waals surface area contributed by atoms with E-state index in [0.717, 1.165) is 46.4 Å². The number of alkyl halides is 6. The van der Waals surface area contributed by atoms with Crippen LogP contribution in [-0.4, -0.2) is 43.9 Å². The Morgan fingerprint density at radius 3 is 2.02 bits per heavy atom. The number of fused-ring (bicyclic) bond motifs is 1. The number of halogens is 6. The Kier molecular flexibility index (Phi) is 9.22. The molecule has 1 heterocycles. The van der Waals surface area contributed by atoms with Gasteiger partial charge in [-0.3, -0.25) is 4.79 Å². The van der Waals surface area contributed by atoms with Crippen LogP contribution in [0.25, 0.3) is 0 Å². The maximum atomic E-state index is 13.7. The summed E-state index contributed by atoms with van der Waals surface area (Å²) < 4.78 is 81.9. The van der Waals surface area contributed by atoms with Gasteiger partial charge in [0.05, 0.1) is 23.6 Å². The molecule has 0 unspecified atom stereocenters. The third-order valence-electron chi connectivity index (χ3n) is 8.25. The Morgan fingerprint density at radius 2 is 1.55 bits per heavy atom. The molecule has 0 amide bonds. The monoisotopic (exact) mass is 626 g/mol. The van der Waals surface area contributed by atoms with Crippen LogP contribution in [0.3, 0.4) is 0 Å². The minimum absolute atomic E-state index is 0.0193. The number of tetrazole rings is 1. The van der Waals surface area contributed by atoms with E-state index in [-0.39, 0.29) is 30.7 Å². The smallest absolute Gasteiger partial charge is 0.416 e. The number of aliphatic carboxylic acids is 1. The maximum absolute atomic E-state index is 13.7. The van der Waals surface area contributed by atoms with Crippen LogP contribution >= 0.6 is 0 Å². The molecule has 1 aliphatic carbocycles. The lowest BCUT2D eigenvalue weighted by molar-refractivity contribution is -0.148. The molecular formula is C30H36F6N6O2. The fourth-order valence-electron chi connectivity index (χ4n) is 6.01. The molecule has 2 aromatic carbocycles. The van der Waals surface area contributed by atoms with Crippen LogP contribution in [0.4, 0.5) is 38.0 Å². The van der Waals surface area contributed by atoms with E-state index in [9.17, 15) is 36.2 Å². The van der Waals surface area contributed by atoms with Crippen molar-refractivity contribution in [2.75, 3.05) is 16.3 Å². The average molecular weight is 627 g/mol. The predicted octanol–water partition coefficient (Wildman–Crippen LogP) is 6.66. The molecule has 1 aliphatic rings. The molecule has 240 valence electrons. The van der Waals surface area contributed by atoms with Crippen molar-refractivity contribution in [3.8, 4) is 0 Å². The molecule has 0 fully saturated rings. The van der Waals surface area contributed by atoms with Gasteiger partial charge in [0, 0.05) is 31.4 Å². The van der Waals surface area contributed by atoms with Crippen LogP contribution in [0, 0.1) is 5.41 Å². The van der Waals surface area contributed by atoms with E-state index in [4.69, 9.17) is 0 Å². The predicted molar refractivity (Wildman–Crippen MR) is 152 cm³/mol. The van der Waals surface area contributed by atoms with Gasteiger partial charge in [0.25, 0.3) is 5.95 Å². The summed E-state index contributed by atoms with van der Waals surface area (Å²) in [6.45, 7) is 7.27. The molecule has 0 saturated heterocycles. The van der Waals surface area contributed by atoms with Gasteiger partial charge in [0.15, 0.2) is 0 Å². The molecule has 0 aliphatic heterocycles. The largest absolute Gasteiger partial charge is 0.481 e. The summed E-state index contributed by atoms with van der Waals surface area (Å²) >= 11 is 0. The molecule has 44 heavy (non-hydrogen) atoms. The summed E-state index contributed by atoms with van der Waals surface area (Å²) in [5.41, 5.74) is -0.478. The quantitative estimate of drug-likeness (QED) is 0.238. The number of hydrogen-bond donors (Lipinski definition) is 1. The number of anilines is 2. The van der Waals surface area contributed by atoms with Crippen molar-refractivity contribution in [1.29, 1.82) is 0 Å². The lowest BCUT2D eigenvalue weighted by atomic mass is 9.81. The van der Waals surface area contributed by atoms with Gasteiger partial charge >= 0.3 is 18.3 Å². The second-order valence-corrected chi connectivity index (χ2v) is 11.7. The summed E-state index contributed by atoms with van der Waals surface area (Å²) in [6.07, 6.45) is -6.87. The fourth-order valence-corrected chi connectivity index (χ4v) is 6.01. The highest BCUT2D eigenvalue weighted by molar-refractivity contribution is 5.76. The van der Waals surface area contributed by atoms with Gasteiger partial charge in [-0.1, -0.05) is 18.1 Å². The Morgan fingerprint density at radius 1 is 0.955 bits per heavy atom. The summed E-state index contributed by atoms with van der Waals surface area (Å²) in [5.74, 6) is -0.938. The molecule has 14 heteroatoms. The van der Waals surface area contributed by atoms with Crippen LogP contribution in [0.1, 0.15) is 73.9 Å². The van der Waals surface area contributed by atoms with E-state index >= 15 is 0 Å². The van der Waals surface area contributed by atoms with E-state index in [2.05, 4.69) is 15.4 Å². The number of carbonyl (C=O) groups is 1. The Balaban J connectivity index is 1.84. The molecule has 8 nitrogen and oxygen atoms in total. The third-order valence-corrected chi connectivity index (χ3v) is 8.25. The average Bonchev–Trinajstić information content (AvgIpc) is 3.58. The standard InChI is InChI=1S/C30H36F6N6O2/c1-6-25(28(3,4)26(43)44)42(7-2)24-14-20-10-8-9-19(20)13-21(24)17-41(27-37-39-40(5)38-27)16-18-11-22(29(31,32)33)15-23(12-18)30(34,35)36/h11-15,25H,6-10,16-17H2,1-5H3,(H,43,44)/t25-/m0/s1. The Hall–Kier alpha value is -3.84. The van der Waals surface area contributed by atoms with E-state index in [1.807, 2.05) is 30.9 Å². The summed E-state index contributed by atoms with van der Waals surface area (Å²) in [5, 5.41) is 22.1. The first-order valence-corrected chi connectivity index (χ1v) is 14.4. The molecule has 4 rings (SSSR count). The van der Waals surface area contributed by atoms with Gasteiger partial charge in [0.2, 0.25) is 0 Å². The minimum Gasteiger partial charge on any atom is -0.481 e. The molecule has 0 radical (unpaired) electrons. The number of hydrogen-bond acceptors (Lipinski definition) is 6. The second-order valence-electron chi connectivity index (χ2n) is 11.7. The first-order valence-electron chi connectivity index (χ1n) is 14.4. The lowest BCUT2D eigenvalue weighted by Crippen LogP contribution is -2.49. The van der Waals surface area contributed by atoms with Crippen LogP contribution in [0.5, 0.6) is 0 Å². The van der Waals surface area contributed by atoms with E-state index in [0.29, 0.717) is 25.1 Å². The zero-order chi connectivity index (χ0) is 32.6. The van der Waals surface area contributed by atoms with Crippen molar-refractivity contribution >= 4 is 17.6 Å². The highest BCUT2D eigenvalue weighted by Crippen LogP contribution is 2.39. The summed E-state index contributed by atoms with van der Waals surface area (Å²) in [6, 6.07) is 5.12. The lowest BCUT2D eigenvalue weighted by Gasteiger charge is -2.41. The number of carboxylic acids is 1. The van der Waals surface area contributed by atoms with E-state index < -0.39 is 40.9 Å². The fraction of sp³-hybridized carbons (Fsp3) is 0.533. The van der Waals surface area contributed by atoms with E-state index in [1.54, 1.807) is 13.8 Å². The molecule has 1 atom stereocenters. The number of carboxylic acid groups (broad SMARTS) is 1. The van der Waals surface area contributed by atoms with Crippen LogP contribution in [0.2, 0.25) is 0 Å². The first kappa shape index (κ1) is 33.1. The maximum Gasteiger partial charge on any atom is 0.416 e. The highest BCUT2D eigenvalue weighted by atomic mass is 19.4. The highest BCUT2D eigenvalue weighted by Gasteiger charge is 2.40. The van der Waals surface area contributed by atoms with Crippen LogP contribution in [-0.2, 0) is 50.1 Å². The molecule has 3 aromatic rings. The van der Waals surface area contributed by atoms with Gasteiger partial charge in [-0.2, -0.15) is 31.1 Å².